The molecule has 0 aliphatic carbocycles. The fourth-order valence-electron chi connectivity index (χ4n) is 1.92. The van der Waals surface area contributed by atoms with Crippen molar-refractivity contribution in [1.29, 1.82) is 0 Å². The minimum Gasteiger partial charge on any atom is -0.507 e. The number of carbonyl (C=O) groups is 1. The zero-order valence-corrected chi connectivity index (χ0v) is 13.4. The quantitative estimate of drug-likeness (QED) is 0.473. The third kappa shape index (κ3) is 4.48. The summed E-state index contributed by atoms with van der Waals surface area (Å²) in [5.74, 6) is -1.93. The van der Waals surface area contributed by atoms with Crippen LogP contribution >= 0.6 is 11.6 Å². The number of nitrogens with zero attached hydrogens (tertiary/aromatic N) is 2. The second-order valence-corrected chi connectivity index (χ2v) is 5.33. The number of non-ortho nitro benzene ring substituents is 1. The van der Waals surface area contributed by atoms with Gasteiger partial charge in [0.25, 0.3) is 11.6 Å². The Kier molecular flexibility index (Phi) is 5.46. The maximum atomic E-state index is 12.8. The van der Waals surface area contributed by atoms with E-state index >= 15 is 0 Å². The molecule has 1 amide bonds. The fourth-order valence-corrected chi connectivity index (χ4v) is 2.15. The lowest BCUT2D eigenvalue weighted by atomic mass is 10.1. The van der Waals surface area contributed by atoms with Crippen LogP contribution < -0.4 is 5.43 Å². The SMILES string of the molecule is O=C(N/N=C/c1cc(Cl)cc(C(F)(F)F)c1O)c1cccc([N+](=O)[O-])c1. The molecule has 26 heavy (non-hydrogen) atoms. The molecule has 0 saturated heterocycles. The summed E-state index contributed by atoms with van der Waals surface area (Å²) in [6.45, 7) is 0. The van der Waals surface area contributed by atoms with Crippen LogP contribution in [0.4, 0.5) is 18.9 Å². The first kappa shape index (κ1) is 19.2. The monoisotopic (exact) mass is 387 g/mol. The van der Waals surface area contributed by atoms with Crippen LogP contribution in [0.25, 0.3) is 0 Å². The highest BCUT2D eigenvalue weighted by Gasteiger charge is 2.35. The smallest absolute Gasteiger partial charge is 0.420 e. The maximum absolute atomic E-state index is 12.8. The van der Waals surface area contributed by atoms with Crippen molar-refractivity contribution in [2.75, 3.05) is 0 Å². The topological polar surface area (TPSA) is 105 Å². The third-order valence-corrected chi connectivity index (χ3v) is 3.32. The number of hydrogen-bond donors (Lipinski definition) is 2. The lowest BCUT2D eigenvalue weighted by Crippen LogP contribution is -2.17. The van der Waals surface area contributed by atoms with E-state index in [1.807, 2.05) is 5.43 Å². The van der Waals surface area contributed by atoms with Gasteiger partial charge in [-0.15, -0.1) is 0 Å². The molecule has 0 heterocycles. The molecule has 2 aromatic rings. The number of phenolic OH excluding ortho intramolecular Hbond substituents is 1. The van der Waals surface area contributed by atoms with Crippen LogP contribution in [0.1, 0.15) is 21.5 Å². The van der Waals surface area contributed by atoms with Gasteiger partial charge in [0.1, 0.15) is 5.75 Å². The van der Waals surface area contributed by atoms with E-state index in [1.165, 1.54) is 18.2 Å². The number of aromatic hydroxyl groups is 1. The van der Waals surface area contributed by atoms with Crippen molar-refractivity contribution in [2.45, 2.75) is 6.18 Å². The number of alkyl halides is 3. The van der Waals surface area contributed by atoms with Crippen molar-refractivity contribution in [3.05, 3.63) is 68.2 Å². The first-order valence-electron chi connectivity index (χ1n) is 6.77. The summed E-state index contributed by atoms with van der Waals surface area (Å²) in [5.41, 5.74) is -0.127. The van der Waals surface area contributed by atoms with Crippen molar-refractivity contribution in [1.82, 2.24) is 5.43 Å². The van der Waals surface area contributed by atoms with Gasteiger partial charge < -0.3 is 5.11 Å². The maximum Gasteiger partial charge on any atom is 0.420 e. The molecular formula is C15H9ClF3N3O4. The Hall–Kier alpha value is -3.14. The molecule has 0 atom stereocenters. The van der Waals surface area contributed by atoms with Gasteiger partial charge in [0.05, 0.1) is 16.7 Å². The molecule has 0 fully saturated rings. The van der Waals surface area contributed by atoms with Crippen molar-refractivity contribution >= 4 is 29.4 Å². The van der Waals surface area contributed by atoms with E-state index in [-0.39, 0.29) is 21.8 Å². The first-order valence-corrected chi connectivity index (χ1v) is 7.15. The molecule has 2 rings (SSSR count). The second kappa shape index (κ2) is 7.40. The van der Waals surface area contributed by atoms with Crippen LogP contribution in [0.5, 0.6) is 5.75 Å². The number of amides is 1. The van der Waals surface area contributed by atoms with Crippen LogP contribution in [0.15, 0.2) is 41.5 Å². The lowest BCUT2D eigenvalue weighted by molar-refractivity contribution is -0.384. The molecule has 2 aromatic carbocycles. The van der Waals surface area contributed by atoms with E-state index in [9.17, 15) is 33.2 Å². The zero-order valence-electron chi connectivity index (χ0n) is 12.6. The number of hydrogen-bond acceptors (Lipinski definition) is 5. The number of carbonyl (C=O) groups excluding carboxylic acids is 1. The molecular weight excluding hydrogens is 379 g/mol. The summed E-state index contributed by atoms with van der Waals surface area (Å²) < 4.78 is 38.4. The van der Waals surface area contributed by atoms with Crippen LogP contribution in [0.3, 0.4) is 0 Å². The minimum absolute atomic E-state index is 0.0809. The highest BCUT2D eigenvalue weighted by Crippen LogP contribution is 2.38. The molecule has 11 heteroatoms. The number of nitro benzene ring substituents is 1. The van der Waals surface area contributed by atoms with Gasteiger partial charge in [-0.1, -0.05) is 17.7 Å². The molecule has 0 bridgehead atoms. The van der Waals surface area contributed by atoms with E-state index in [0.717, 1.165) is 18.3 Å². The van der Waals surface area contributed by atoms with E-state index in [0.29, 0.717) is 6.07 Å². The Morgan fingerprint density at radius 3 is 2.62 bits per heavy atom. The number of rotatable bonds is 4. The number of phenols is 1. The lowest BCUT2D eigenvalue weighted by Gasteiger charge is -2.11. The van der Waals surface area contributed by atoms with Crippen molar-refractivity contribution in [3.63, 3.8) is 0 Å². The van der Waals surface area contributed by atoms with Crippen LogP contribution in [-0.4, -0.2) is 22.2 Å². The Morgan fingerprint density at radius 2 is 2.00 bits per heavy atom. The molecule has 2 N–H and O–H groups in total. The number of benzene rings is 2. The molecule has 0 aliphatic rings. The molecule has 0 unspecified atom stereocenters. The van der Waals surface area contributed by atoms with Gasteiger partial charge in [-0.05, 0) is 18.2 Å². The summed E-state index contributed by atoms with van der Waals surface area (Å²) in [7, 11) is 0. The normalized spacial score (nSPS) is 11.5. The Morgan fingerprint density at radius 1 is 1.31 bits per heavy atom. The van der Waals surface area contributed by atoms with Gasteiger partial charge in [-0.25, -0.2) is 5.43 Å². The highest BCUT2D eigenvalue weighted by molar-refractivity contribution is 6.31. The van der Waals surface area contributed by atoms with Crippen molar-refractivity contribution in [2.24, 2.45) is 5.10 Å². The molecule has 0 spiro atoms. The van der Waals surface area contributed by atoms with Gasteiger partial charge in [0, 0.05) is 28.3 Å². The Bertz CT molecular complexity index is 900. The van der Waals surface area contributed by atoms with Gasteiger partial charge >= 0.3 is 6.18 Å². The fraction of sp³-hybridized carbons (Fsp3) is 0.0667. The van der Waals surface area contributed by atoms with Gasteiger partial charge in [-0.2, -0.15) is 18.3 Å². The first-order chi connectivity index (χ1) is 12.1. The van der Waals surface area contributed by atoms with E-state index in [4.69, 9.17) is 11.6 Å². The third-order valence-electron chi connectivity index (χ3n) is 3.10. The Balaban J connectivity index is 2.21. The second-order valence-electron chi connectivity index (χ2n) is 4.90. The summed E-state index contributed by atoms with van der Waals surface area (Å²) in [4.78, 5) is 21.8. The zero-order chi connectivity index (χ0) is 19.5. The van der Waals surface area contributed by atoms with E-state index in [2.05, 4.69) is 5.10 Å². The number of hydrazone groups is 1. The number of nitro groups is 1. The largest absolute Gasteiger partial charge is 0.507 e. The summed E-state index contributed by atoms with van der Waals surface area (Å²) >= 11 is 5.59. The summed E-state index contributed by atoms with van der Waals surface area (Å²) in [6, 6.07) is 6.34. The number of nitrogens with one attached hydrogen (secondary N) is 1. The molecule has 7 nitrogen and oxygen atoms in total. The summed E-state index contributed by atoms with van der Waals surface area (Å²) in [5, 5.41) is 23.5. The molecule has 0 aromatic heterocycles. The van der Waals surface area contributed by atoms with Gasteiger partial charge in [0.2, 0.25) is 0 Å². The molecule has 136 valence electrons. The van der Waals surface area contributed by atoms with E-state index in [1.54, 1.807) is 0 Å². The van der Waals surface area contributed by atoms with Crippen LogP contribution in [0, 0.1) is 10.1 Å². The predicted molar refractivity (Wildman–Crippen MR) is 86.3 cm³/mol. The van der Waals surface area contributed by atoms with Crippen LogP contribution in [0.2, 0.25) is 5.02 Å². The average molecular weight is 388 g/mol. The number of halogens is 4. The summed E-state index contributed by atoms with van der Waals surface area (Å²) in [6.07, 6.45) is -4.06. The van der Waals surface area contributed by atoms with Crippen LogP contribution in [-0.2, 0) is 6.18 Å². The average Bonchev–Trinajstić information content (AvgIpc) is 2.56. The van der Waals surface area contributed by atoms with Crippen molar-refractivity contribution in [3.8, 4) is 5.75 Å². The van der Waals surface area contributed by atoms with E-state index < -0.39 is 28.3 Å². The highest BCUT2D eigenvalue weighted by atomic mass is 35.5. The predicted octanol–water partition coefficient (Wildman–Crippen LogP) is 3.74. The minimum atomic E-state index is -4.83. The molecule has 0 radical (unpaired) electrons. The van der Waals surface area contributed by atoms with Gasteiger partial charge in [0.15, 0.2) is 0 Å². The molecule has 0 saturated carbocycles. The standard InChI is InChI=1S/C15H9ClF3N3O4/c16-10-4-9(13(23)12(6-10)15(17,18)19)7-20-21-14(24)8-2-1-3-11(5-8)22(25)26/h1-7,23H,(H,21,24)/b20-7+. The molecule has 0 aliphatic heterocycles. The van der Waals surface area contributed by atoms with Gasteiger partial charge in [-0.3, -0.25) is 14.9 Å². The Labute approximate surface area is 148 Å². The van der Waals surface area contributed by atoms with Crippen molar-refractivity contribution < 1.29 is 28.0 Å².